The Hall–Kier alpha value is -0.580. The number of likely N-dealkylation sites (N-methyl/N-ethyl adjacent to an activating group) is 1. The zero-order valence-corrected chi connectivity index (χ0v) is 10.3. The Labute approximate surface area is 98.6 Å². The second-order valence-corrected chi connectivity index (χ2v) is 4.14. The topological polar surface area (TPSA) is 41.5 Å². The molecular formula is C11H16BrNO2. The molecule has 0 saturated heterocycles. The molecule has 1 aromatic carbocycles. The van der Waals surface area contributed by atoms with E-state index in [9.17, 15) is 5.11 Å². The van der Waals surface area contributed by atoms with Gasteiger partial charge in [-0.25, -0.2) is 0 Å². The third kappa shape index (κ3) is 5.16. The van der Waals surface area contributed by atoms with Gasteiger partial charge in [-0.1, -0.05) is 22.9 Å². The Balaban J connectivity index is 2.27. The van der Waals surface area contributed by atoms with Crippen molar-refractivity contribution >= 4 is 15.9 Å². The summed E-state index contributed by atoms with van der Waals surface area (Å²) in [6.07, 6.45) is -0.464. The molecule has 0 aromatic heterocycles. The van der Waals surface area contributed by atoms with Gasteiger partial charge in [-0.2, -0.15) is 0 Å². The summed E-state index contributed by atoms with van der Waals surface area (Å²) in [5.41, 5.74) is 0. The predicted molar refractivity (Wildman–Crippen MR) is 64.2 cm³/mol. The van der Waals surface area contributed by atoms with Crippen molar-refractivity contribution in [2.75, 3.05) is 19.7 Å². The van der Waals surface area contributed by atoms with Crippen LogP contribution in [0.15, 0.2) is 28.7 Å². The quantitative estimate of drug-likeness (QED) is 0.831. The maximum Gasteiger partial charge on any atom is 0.119 e. The lowest BCUT2D eigenvalue weighted by Gasteiger charge is -2.12. The Morgan fingerprint density at radius 3 is 2.67 bits per heavy atom. The highest BCUT2D eigenvalue weighted by Gasteiger charge is 2.03. The predicted octanol–water partition coefficient (Wildman–Crippen LogP) is 1.80. The summed E-state index contributed by atoms with van der Waals surface area (Å²) < 4.78 is 6.43. The molecule has 0 saturated carbocycles. The van der Waals surface area contributed by atoms with Crippen LogP contribution in [0.4, 0.5) is 0 Å². The minimum Gasteiger partial charge on any atom is -0.491 e. The second-order valence-electron chi connectivity index (χ2n) is 3.23. The third-order valence-electron chi connectivity index (χ3n) is 1.89. The van der Waals surface area contributed by atoms with Gasteiger partial charge in [0.2, 0.25) is 0 Å². The zero-order chi connectivity index (χ0) is 11.1. The first kappa shape index (κ1) is 12.5. The fraction of sp³-hybridized carbons (Fsp3) is 0.455. The van der Waals surface area contributed by atoms with Crippen LogP contribution in [-0.4, -0.2) is 30.9 Å². The molecule has 1 rings (SSSR count). The van der Waals surface area contributed by atoms with Crippen molar-refractivity contribution in [3.05, 3.63) is 28.7 Å². The van der Waals surface area contributed by atoms with Crippen LogP contribution in [0.1, 0.15) is 6.92 Å². The van der Waals surface area contributed by atoms with E-state index in [1.807, 2.05) is 31.2 Å². The van der Waals surface area contributed by atoms with Gasteiger partial charge in [0.25, 0.3) is 0 Å². The molecule has 0 aliphatic heterocycles. The van der Waals surface area contributed by atoms with Crippen molar-refractivity contribution in [2.24, 2.45) is 0 Å². The van der Waals surface area contributed by atoms with Crippen molar-refractivity contribution < 1.29 is 9.84 Å². The van der Waals surface area contributed by atoms with E-state index in [0.29, 0.717) is 13.2 Å². The smallest absolute Gasteiger partial charge is 0.119 e. The van der Waals surface area contributed by atoms with Crippen LogP contribution in [-0.2, 0) is 0 Å². The van der Waals surface area contributed by atoms with E-state index in [0.717, 1.165) is 16.8 Å². The number of rotatable bonds is 6. The summed E-state index contributed by atoms with van der Waals surface area (Å²) in [7, 11) is 0. The van der Waals surface area contributed by atoms with Gasteiger partial charge in [0.05, 0.1) is 0 Å². The third-order valence-corrected chi connectivity index (χ3v) is 2.41. The van der Waals surface area contributed by atoms with Gasteiger partial charge in [0.15, 0.2) is 0 Å². The number of aliphatic hydroxyl groups excluding tert-OH is 1. The van der Waals surface area contributed by atoms with Gasteiger partial charge in [-0.3, -0.25) is 0 Å². The van der Waals surface area contributed by atoms with Gasteiger partial charge in [-0.15, -0.1) is 0 Å². The van der Waals surface area contributed by atoms with Crippen molar-refractivity contribution in [3.8, 4) is 5.75 Å². The normalized spacial score (nSPS) is 12.5. The van der Waals surface area contributed by atoms with E-state index >= 15 is 0 Å². The lowest BCUT2D eigenvalue weighted by Crippen LogP contribution is -2.31. The largest absolute Gasteiger partial charge is 0.491 e. The molecule has 0 heterocycles. The summed E-state index contributed by atoms with van der Waals surface area (Å²) >= 11 is 3.34. The highest BCUT2D eigenvalue weighted by molar-refractivity contribution is 9.10. The first-order valence-electron chi connectivity index (χ1n) is 4.99. The standard InChI is InChI=1S/C11H16BrNO2/c1-2-13-7-10(14)8-15-11-5-3-9(12)4-6-11/h3-6,10,13-14H,2,7-8H2,1H3. The van der Waals surface area contributed by atoms with E-state index in [1.165, 1.54) is 0 Å². The molecule has 0 fully saturated rings. The first-order valence-corrected chi connectivity index (χ1v) is 5.79. The molecule has 0 radical (unpaired) electrons. The minimum absolute atomic E-state index is 0.314. The molecule has 84 valence electrons. The van der Waals surface area contributed by atoms with Gasteiger partial charge >= 0.3 is 0 Å². The lowest BCUT2D eigenvalue weighted by atomic mass is 10.3. The van der Waals surface area contributed by atoms with Gasteiger partial charge < -0.3 is 15.2 Å². The number of hydrogen-bond donors (Lipinski definition) is 2. The first-order chi connectivity index (χ1) is 7.22. The van der Waals surface area contributed by atoms with E-state index in [-0.39, 0.29) is 0 Å². The molecule has 15 heavy (non-hydrogen) atoms. The second kappa shape index (κ2) is 6.82. The Kier molecular flexibility index (Phi) is 5.68. The van der Waals surface area contributed by atoms with Crippen LogP contribution >= 0.6 is 15.9 Å². The number of aliphatic hydroxyl groups is 1. The molecule has 0 aliphatic carbocycles. The molecule has 1 unspecified atom stereocenters. The highest BCUT2D eigenvalue weighted by atomic mass is 79.9. The molecule has 4 heteroatoms. The van der Waals surface area contributed by atoms with Gasteiger partial charge in [0.1, 0.15) is 18.5 Å². The van der Waals surface area contributed by atoms with Crippen molar-refractivity contribution in [3.63, 3.8) is 0 Å². The fourth-order valence-corrected chi connectivity index (χ4v) is 1.36. The monoisotopic (exact) mass is 273 g/mol. The molecule has 0 amide bonds. The van der Waals surface area contributed by atoms with Crippen molar-refractivity contribution in [2.45, 2.75) is 13.0 Å². The summed E-state index contributed by atoms with van der Waals surface area (Å²) in [6.45, 7) is 3.74. The van der Waals surface area contributed by atoms with E-state index in [4.69, 9.17) is 4.74 Å². The molecule has 0 spiro atoms. The Morgan fingerprint density at radius 1 is 1.40 bits per heavy atom. The number of hydrogen-bond acceptors (Lipinski definition) is 3. The summed E-state index contributed by atoms with van der Waals surface area (Å²) in [6, 6.07) is 7.55. The summed E-state index contributed by atoms with van der Waals surface area (Å²) in [5, 5.41) is 12.6. The SMILES string of the molecule is CCNCC(O)COc1ccc(Br)cc1. The summed E-state index contributed by atoms with van der Waals surface area (Å²) in [5.74, 6) is 0.772. The maximum absolute atomic E-state index is 9.50. The van der Waals surface area contributed by atoms with Crippen molar-refractivity contribution in [1.82, 2.24) is 5.32 Å². The van der Waals surface area contributed by atoms with E-state index < -0.39 is 6.10 Å². The van der Waals surface area contributed by atoms with E-state index in [2.05, 4.69) is 21.2 Å². The van der Waals surface area contributed by atoms with Gasteiger partial charge in [-0.05, 0) is 30.8 Å². The Morgan fingerprint density at radius 2 is 2.07 bits per heavy atom. The van der Waals surface area contributed by atoms with Crippen LogP contribution in [0.2, 0.25) is 0 Å². The fourth-order valence-electron chi connectivity index (χ4n) is 1.09. The Bertz CT molecular complexity index is 276. The average Bonchev–Trinajstić information content (AvgIpc) is 2.25. The maximum atomic E-state index is 9.50. The zero-order valence-electron chi connectivity index (χ0n) is 8.74. The lowest BCUT2D eigenvalue weighted by molar-refractivity contribution is 0.107. The molecule has 0 bridgehead atoms. The molecular weight excluding hydrogens is 258 g/mol. The number of benzene rings is 1. The minimum atomic E-state index is -0.464. The number of halogens is 1. The molecule has 2 N–H and O–H groups in total. The molecule has 1 aromatic rings. The van der Waals surface area contributed by atoms with Crippen LogP contribution in [0, 0.1) is 0 Å². The molecule has 0 aliphatic rings. The molecule has 1 atom stereocenters. The summed E-state index contributed by atoms with van der Waals surface area (Å²) in [4.78, 5) is 0. The molecule has 3 nitrogen and oxygen atoms in total. The van der Waals surface area contributed by atoms with Crippen LogP contribution in [0.5, 0.6) is 5.75 Å². The van der Waals surface area contributed by atoms with E-state index in [1.54, 1.807) is 0 Å². The van der Waals surface area contributed by atoms with Crippen LogP contribution in [0.3, 0.4) is 0 Å². The number of ether oxygens (including phenoxy) is 1. The number of nitrogens with one attached hydrogen (secondary N) is 1. The van der Waals surface area contributed by atoms with Crippen molar-refractivity contribution in [1.29, 1.82) is 0 Å². The highest BCUT2D eigenvalue weighted by Crippen LogP contribution is 2.16. The van der Waals surface area contributed by atoms with Crippen LogP contribution in [0.25, 0.3) is 0 Å². The average molecular weight is 274 g/mol. The van der Waals surface area contributed by atoms with Crippen LogP contribution < -0.4 is 10.1 Å². The van der Waals surface area contributed by atoms with Gasteiger partial charge in [0, 0.05) is 11.0 Å².